The lowest BCUT2D eigenvalue weighted by atomic mass is 10.2. The van der Waals surface area contributed by atoms with E-state index in [1.165, 1.54) is 5.56 Å². The number of aliphatic hydroxyl groups excluding tert-OH is 1. The molecule has 2 aliphatic rings. The molecular formula is C17H17N5OS. The number of fused-ring (bicyclic) bond motifs is 4. The van der Waals surface area contributed by atoms with Crippen molar-refractivity contribution in [1.82, 2.24) is 15.0 Å². The zero-order chi connectivity index (χ0) is 16.1. The molecule has 7 heteroatoms. The maximum absolute atomic E-state index is 10.2. The second-order valence-corrected chi connectivity index (χ2v) is 7.31. The number of thiophene rings is 1. The highest BCUT2D eigenvalue weighted by Crippen LogP contribution is 2.35. The minimum atomic E-state index is -0.294. The lowest BCUT2D eigenvalue weighted by molar-refractivity contribution is 0.194. The number of hydrogen-bond donors (Lipinski definition) is 1. The van der Waals surface area contributed by atoms with Gasteiger partial charge in [-0.15, -0.1) is 11.3 Å². The summed E-state index contributed by atoms with van der Waals surface area (Å²) in [6.45, 7) is 2.26. The number of pyridine rings is 1. The summed E-state index contributed by atoms with van der Waals surface area (Å²) in [4.78, 5) is 18.1. The molecule has 2 atom stereocenters. The minimum absolute atomic E-state index is 0.251. The van der Waals surface area contributed by atoms with Crippen molar-refractivity contribution in [2.45, 2.75) is 25.1 Å². The minimum Gasteiger partial charge on any atom is -0.391 e. The zero-order valence-electron chi connectivity index (χ0n) is 13.0. The fourth-order valence-corrected chi connectivity index (χ4v) is 4.69. The summed E-state index contributed by atoms with van der Waals surface area (Å²) >= 11 is 1.68. The van der Waals surface area contributed by atoms with Gasteiger partial charge < -0.3 is 14.9 Å². The van der Waals surface area contributed by atoms with Gasteiger partial charge in [0.25, 0.3) is 0 Å². The molecule has 0 aliphatic carbocycles. The number of aliphatic hydroxyl groups is 1. The van der Waals surface area contributed by atoms with Crippen molar-refractivity contribution in [2.24, 2.45) is 0 Å². The maximum atomic E-state index is 10.2. The third-order valence-electron chi connectivity index (χ3n) is 4.85. The van der Waals surface area contributed by atoms with Crippen molar-refractivity contribution in [3.05, 3.63) is 41.7 Å². The fraction of sp³-hybridized carbons (Fsp3) is 0.353. The average molecular weight is 339 g/mol. The highest BCUT2D eigenvalue weighted by Gasteiger charge is 2.37. The molecule has 122 valence electrons. The molecule has 0 unspecified atom stereocenters. The highest BCUT2D eigenvalue weighted by molar-refractivity contribution is 7.17. The Morgan fingerprint density at radius 2 is 2.08 bits per heavy atom. The lowest BCUT2D eigenvalue weighted by Crippen LogP contribution is -2.38. The summed E-state index contributed by atoms with van der Waals surface area (Å²) in [6.07, 6.45) is 3.95. The Balaban J connectivity index is 1.62. The van der Waals surface area contributed by atoms with Gasteiger partial charge >= 0.3 is 0 Å². The van der Waals surface area contributed by atoms with Crippen molar-refractivity contribution in [3.63, 3.8) is 0 Å². The molecular weight excluding hydrogens is 322 g/mol. The van der Waals surface area contributed by atoms with Crippen LogP contribution >= 0.6 is 11.3 Å². The van der Waals surface area contributed by atoms with Gasteiger partial charge in [0.15, 0.2) is 0 Å². The monoisotopic (exact) mass is 339 g/mol. The summed E-state index contributed by atoms with van der Waals surface area (Å²) in [6, 6.07) is 6.38. The molecule has 0 amide bonds. The second-order valence-electron chi connectivity index (χ2n) is 6.39. The van der Waals surface area contributed by atoms with Crippen LogP contribution in [0, 0.1) is 0 Å². The number of nitrogens with zero attached hydrogens (tertiary/aromatic N) is 5. The van der Waals surface area contributed by atoms with Crippen LogP contribution in [-0.2, 0) is 6.54 Å². The van der Waals surface area contributed by atoms with E-state index >= 15 is 0 Å². The molecule has 1 saturated heterocycles. The van der Waals surface area contributed by atoms with Gasteiger partial charge in [0, 0.05) is 31.4 Å². The van der Waals surface area contributed by atoms with Crippen molar-refractivity contribution in [1.29, 1.82) is 0 Å². The molecule has 3 aromatic rings. The lowest BCUT2D eigenvalue weighted by Gasteiger charge is -2.27. The largest absolute Gasteiger partial charge is 0.391 e. The van der Waals surface area contributed by atoms with Crippen molar-refractivity contribution in [2.75, 3.05) is 22.9 Å². The summed E-state index contributed by atoms with van der Waals surface area (Å²) in [5.74, 6) is 1.98. The van der Waals surface area contributed by atoms with E-state index in [2.05, 4.69) is 36.2 Å². The highest BCUT2D eigenvalue weighted by atomic mass is 32.1. The number of aromatic nitrogens is 3. The predicted octanol–water partition coefficient (Wildman–Crippen LogP) is 2.05. The van der Waals surface area contributed by atoms with Gasteiger partial charge in [0.1, 0.15) is 18.0 Å². The van der Waals surface area contributed by atoms with Crippen molar-refractivity contribution in [3.8, 4) is 0 Å². The van der Waals surface area contributed by atoms with Crippen LogP contribution in [0.1, 0.15) is 12.0 Å². The molecule has 3 aromatic heterocycles. The summed E-state index contributed by atoms with van der Waals surface area (Å²) in [5.41, 5.74) is 2.17. The Morgan fingerprint density at radius 3 is 3.04 bits per heavy atom. The van der Waals surface area contributed by atoms with E-state index in [4.69, 9.17) is 0 Å². The normalized spacial score (nSPS) is 23.2. The molecule has 5 rings (SSSR count). The molecule has 1 fully saturated rings. The molecule has 6 nitrogen and oxygen atoms in total. The zero-order valence-corrected chi connectivity index (χ0v) is 13.9. The Hall–Kier alpha value is -2.25. The van der Waals surface area contributed by atoms with Gasteiger partial charge in [-0.25, -0.2) is 15.0 Å². The summed E-state index contributed by atoms with van der Waals surface area (Å²) in [5, 5.41) is 12.2. The van der Waals surface area contributed by atoms with Crippen LogP contribution in [0.5, 0.6) is 0 Å². The van der Waals surface area contributed by atoms with E-state index in [9.17, 15) is 5.11 Å². The van der Waals surface area contributed by atoms with E-state index in [1.54, 1.807) is 17.7 Å². The molecule has 1 N–H and O–H groups in total. The van der Waals surface area contributed by atoms with Crippen LogP contribution in [-0.4, -0.2) is 45.3 Å². The van der Waals surface area contributed by atoms with E-state index in [1.807, 2.05) is 18.3 Å². The first kappa shape index (κ1) is 14.1. The van der Waals surface area contributed by atoms with E-state index in [0.29, 0.717) is 6.54 Å². The smallest absolute Gasteiger partial charge is 0.150 e. The van der Waals surface area contributed by atoms with Gasteiger partial charge in [-0.2, -0.15) is 0 Å². The molecule has 0 saturated carbocycles. The van der Waals surface area contributed by atoms with Crippen LogP contribution in [0.25, 0.3) is 10.2 Å². The summed E-state index contributed by atoms with van der Waals surface area (Å²) in [7, 11) is 0. The Bertz CT molecular complexity index is 897. The molecule has 0 aromatic carbocycles. The Kier molecular flexibility index (Phi) is 3.17. The van der Waals surface area contributed by atoms with Crippen LogP contribution < -0.4 is 9.80 Å². The van der Waals surface area contributed by atoms with Gasteiger partial charge in [0.2, 0.25) is 0 Å². The Morgan fingerprint density at radius 1 is 1.12 bits per heavy atom. The first-order valence-corrected chi connectivity index (χ1v) is 8.99. The number of hydrogen-bond acceptors (Lipinski definition) is 7. The molecule has 0 spiro atoms. The van der Waals surface area contributed by atoms with Gasteiger partial charge in [0.05, 0.1) is 22.4 Å². The van der Waals surface area contributed by atoms with Crippen molar-refractivity contribution < 1.29 is 5.11 Å². The molecule has 2 aliphatic heterocycles. The maximum Gasteiger partial charge on any atom is 0.150 e. The first-order chi connectivity index (χ1) is 11.8. The van der Waals surface area contributed by atoms with E-state index in [0.717, 1.165) is 41.4 Å². The third-order valence-corrected chi connectivity index (χ3v) is 5.75. The summed E-state index contributed by atoms with van der Waals surface area (Å²) < 4.78 is 1.12. The molecule has 5 heterocycles. The third kappa shape index (κ3) is 2.16. The average Bonchev–Trinajstić information content (AvgIpc) is 3.18. The first-order valence-electron chi connectivity index (χ1n) is 8.11. The number of rotatable bonds is 1. The fourth-order valence-electron chi connectivity index (χ4n) is 3.82. The van der Waals surface area contributed by atoms with Gasteiger partial charge in [-0.3, -0.25) is 0 Å². The molecule has 0 radical (unpaired) electrons. The van der Waals surface area contributed by atoms with E-state index < -0.39 is 0 Å². The van der Waals surface area contributed by atoms with Crippen LogP contribution in [0.15, 0.2) is 36.1 Å². The van der Waals surface area contributed by atoms with Crippen LogP contribution in [0.3, 0.4) is 0 Å². The van der Waals surface area contributed by atoms with E-state index in [-0.39, 0.29) is 12.1 Å². The van der Waals surface area contributed by atoms with Gasteiger partial charge in [-0.05, 0) is 23.9 Å². The standard InChI is InChI=1S/C17H17N5OS/c23-13-6-12-8-21(17-15-14(3-5-24-15)19-10-20-17)7-11-2-1-4-18-16(11)22(12)9-13/h1-5,10,12-13,23H,6-9H2/t12-,13+/m0/s1. The molecule has 24 heavy (non-hydrogen) atoms. The van der Waals surface area contributed by atoms with Gasteiger partial charge in [-0.1, -0.05) is 6.07 Å². The Labute approximate surface area is 143 Å². The topological polar surface area (TPSA) is 65.4 Å². The number of anilines is 2. The quantitative estimate of drug-likeness (QED) is 0.732. The molecule has 0 bridgehead atoms. The van der Waals surface area contributed by atoms with Crippen LogP contribution in [0.4, 0.5) is 11.6 Å². The SMILES string of the molecule is O[C@@H]1C[C@H]2CN(c3ncnc4ccsc34)Cc3cccnc3N2C1. The second kappa shape index (κ2) is 5.39. The van der Waals surface area contributed by atoms with Crippen LogP contribution in [0.2, 0.25) is 0 Å². The van der Waals surface area contributed by atoms with Crippen molar-refractivity contribution >= 4 is 33.2 Å². The predicted molar refractivity (Wildman–Crippen MR) is 94.5 cm³/mol.